The number of aromatic nitrogens is 1. The number of aromatic amines is 1. The van der Waals surface area contributed by atoms with E-state index in [1.807, 2.05) is 44.0 Å². The first-order valence-corrected chi connectivity index (χ1v) is 10.9. The lowest BCUT2D eigenvalue weighted by Gasteiger charge is -2.25. The molecule has 1 amide bonds. The van der Waals surface area contributed by atoms with Crippen molar-refractivity contribution in [1.29, 1.82) is 0 Å². The highest BCUT2D eigenvalue weighted by molar-refractivity contribution is 7.89. The van der Waals surface area contributed by atoms with Crippen molar-refractivity contribution in [2.75, 3.05) is 19.6 Å². The number of rotatable bonds is 6. The topological polar surface area (TPSA) is 73.5 Å². The number of sulfonamides is 1. The van der Waals surface area contributed by atoms with E-state index in [9.17, 15) is 13.2 Å². The summed E-state index contributed by atoms with van der Waals surface area (Å²) in [5, 5.41) is 0. The van der Waals surface area contributed by atoms with Gasteiger partial charge < -0.3 is 9.88 Å². The quantitative estimate of drug-likeness (QED) is 0.823. The minimum absolute atomic E-state index is 0.00921. The molecule has 2 heterocycles. The second kappa shape index (κ2) is 7.86. The molecule has 6 nitrogen and oxygen atoms in total. The Kier molecular flexibility index (Phi) is 5.72. The Balaban J connectivity index is 1.96. The molecule has 3 rings (SSSR count). The number of nitrogens with one attached hydrogen (secondary N) is 1. The Hall–Kier alpha value is -2.12. The molecular weight excluding hydrogens is 362 g/mol. The lowest BCUT2D eigenvalue weighted by Crippen LogP contribution is -2.32. The fourth-order valence-corrected chi connectivity index (χ4v) is 5.23. The van der Waals surface area contributed by atoms with E-state index >= 15 is 0 Å². The normalized spacial score (nSPS) is 17.6. The first kappa shape index (κ1) is 19.6. The van der Waals surface area contributed by atoms with E-state index in [-0.39, 0.29) is 16.8 Å². The molecule has 1 fully saturated rings. The number of amides is 1. The molecule has 1 atom stereocenters. The average Bonchev–Trinajstić information content (AvgIpc) is 3.33. The lowest BCUT2D eigenvalue weighted by atomic mass is 10.1. The van der Waals surface area contributed by atoms with Gasteiger partial charge in [-0.1, -0.05) is 19.9 Å². The van der Waals surface area contributed by atoms with Gasteiger partial charge in [-0.05, 0) is 49.6 Å². The number of aryl methyl sites for hydroxylation is 1. The van der Waals surface area contributed by atoms with Gasteiger partial charge in [0.15, 0.2) is 0 Å². The molecule has 0 radical (unpaired) electrons. The Morgan fingerprint density at radius 1 is 1.26 bits per heavy atom. The third-order valence-corrected chi connectivity index (χ3v) is 7.32. The molecule has 7 heteroatoms. The molecule has 146 valence electrons. The zero-order valence-corrected chi connectivity index (χ0v) is 16.9. The molecule has 0 bridgehead atoms. The van der Waals surface area contributed by atoms with Gasteiger partial charge in [-0.15, -0.1) is 0 Å². The van der Waals surface area contributed by atoms with Gasteiger partial charge in [0.25, 0.3) is 5.91 Å². The van der Waals surface area contributed by atoms with Crippen LogP contribution in [0, 0.1) is 6.92 Å². The van der Waals surface area contributed by atoms with Gasteiger partial charge in [-0.2, -0.15) is 4.31 Å². The zero-order valence-electron chi connectivity index (χ0n) is 16.1. The van der Waals surface area contributed by atoms with Crippen molar-refractivity contribution in [2.45, 2.75) is 44.6 Å². The van der Waals surface area contributed by atoms with Gasteiger partial charge in [-0.25, -0.2) is 8.42 Å². The second-order valence-electron chi connectivity index (χ2n) is 6.85. The van der Waals surface area contributed by atoms with Gasteiger partial charge in [0, 0.05) is 37.1 Å². The van der Waals surface area contributed by atoms with Crippen molar-refractivity contribution in [2.24, 2.45) is 0 Å². The maximum absolute atomic E-state index is 13.3. The fraction of sp³-hybridized carbons (Fsp3) is 0.450. The summed E-state index contributed by atoms with van der Waals surface area (Å²) in [5.74, 6) is -0.110. The smallest absolute Gasteiger partial charge is 0.254 e. The highest BCUT2D eigenvalue weighted by atomic mass is 32.2. The summed E-state index contributed by atoms with van der Waals surface area (Å²) < 4.78 is 27.1. The van der Waals surface area contributed by atoms with Crippen LogP contribution in [0.2, 0.25) is 0 Å². The highest BCUT2D eigenvalue weighted by Crippen LogP contribution is 2.33. The second-order valence-corrected chi connectivity index (χ2v) is 8.79. The van der Waals surface area contributed by atoms with Crippen LogP contribution >= 0.6 is 0 Å². The molecule has 1 saturated heterocycles. The molecule has 2 aromatic rings. The molecule has 1 N–H and O–H groups in total. The molecule has 0 aliphatic carbocycles. The molecule has 1 aromatic carbocycles. The standard InChI is InChI=1S/C20H27N3O3S/c1-4-22(5-2)27(25,26)16-11-10-15(3)17(14-16)20(24)23-13-7-9-19(23)18-8-6-12-21-18/h6,8,10-12,14,19,21H,4-5,7,9,13H2,1-3H3. The Morgan fingerprint density at radius 2 is 2.00 bits per heavy atom. The summed E-state index contributed by atoms with van der Waals surface area (Å²) in [5.41, 5.74) is 2.27. The number of benzene rings is 1. The highest BCUT2D eigenvalue weighted by Gasteiger charge is 2.32. The van der Waals surface area contributed by atoms with Crippen LogP contribution in [-0.4, -0.2) is 48.1 Å². The van der Waals surface area contributed by atoms with Crippen LogP contribution in [0.15, 0.2) is 41.4 Å². The predicted molar refractivity (Wildman–Crippen MR) is 105 cm³/mol. The van der Waals surface area contributed by atoms with Gasteiger partial charge in [0.2, 0.25) is 10.0 Å². The van der Waals surface area contributed by atoms with Crippen molar-refractivity contribution >= 4 is 15.9 Å². The molecule has 1 aromatic heterocycles. The van der Waals surface area contributed by atoms with Gasteiger partial charge in [0.05, 0.1) is 10.9 Å². The van der Waals surface area contributed by atoms with Crippen LogP contribution in [-0.2, 0) is 10.0 Å². The summed E-state index contributed by atoms with van der Waals surface area (Å²) in [6, 6.07) is 8.78. The van der Waals surface area contributed by atoms with E-state index in [4.69, 9.17) is 0 Å². The van der Waals surface area contributed by atoms with Crippen LogP contribution < -0.4 is 0 Å². The van der Waals surface area contributed by atoms with Crippen LogP contribution in [0.25, 0.3) is 0 Å². The molecule has 1 unspecified atom stereocenters. The van der Waals surface area contributed by atoms with Crippen molar-refractivity contribution in [3.8, 4) is 0 Å². The van der Waals surface area contributed by atoms with E-state index in [0.717, 1.165) is 24.1 Å². The third kappa shape index (κ3) is 3.66. The average molecular weight is 390 g/mol. The van der Waals surface area contributed by atoms with E-state index in [1.54, 1.807) is 12.1 Å². The van der Waals surface area contributed by atoms with Crippen molar-refractivity contribution in [1.82, 2.24) is 14.2 Å². The Labute approximate surface area is 161 Å². The van der Waals surface area contributed by atoms with Crippen molar-refractivity contribution < 1.29 is 13.2 Å². The van der Waals surface area contributed by atoms with Crippen molar-refractivity contribution in [3.05, 3.63) is 53.3 Å². The summed E-state index contributed by atoms with van der Waals surface area (Å²) in [4.78, 5) is 18.5. The fourth-order valence-electron chi connectivity index (χ4n) is 3.74. The van der Waals surface area contributed by atoms with Gasteiger partial charge in [0.1, 0.15) is 0 Å². The summed E-state index contributed by atoms with van der Waals surface area (Å²) in [7, 11) is -3.60. The van der Waals surface area contributed by atoms with Crippen LogP contribution in [0.3, 0.4) is 0 Å². The minimum Gasteiger partial charge on any atom is -0.363 e. The molecule has 1 aliphatic heterocycles. The van der Waals surface area contributed by atoms with Crippen molar-refractivity contribution in [3.63, 3.8) is 0 Å². The maximum Gasteiger partial charge on any atom is 0.254 e. The molecule has 27 heavy (non-hydrogen) atoms. The van der Waals surface area contributed by atoms with Gasteiger partial charge in [-0.3, -0.25) is 4.79 Å². The third-order valence-electron chi connectivity index (χ3n) is 5.28. The molecule has 0 spiro atoms. The van der Waals surface area contributed by atoms with E-state index in [0.29, 0.717) is 25.2 Å². The minimum atomic E-state index is -3.60. The van der Waals surface area contributed by atoms with Crippen LogP contribution in [0.4, 0.5) is 0 Å². The monoisotopic (exact) mass is 389 g/mol. The van der Waals surface area contributed by atoms with Crippen LogP contribution in [0.5, 0.6) is 0 Å². The Bertz CT molecular complexity index is 903. The number of H-pyrrole nitrogens is 1. The predicted octanol–water partition coefficient (Wildman–Crippen LogP) is 3.33. The molecule has 1 aliphatic rings. The SMILES string of the molecule is CCN(CC)S(=O)(=O)c1ccc(C)c(C(=O)N2CCCC2c2ccc[nH]2)c1. The lowest BCUT2D eigenvalue weighted by molar-refractivity contribution is 0.0732. The maximum atomic E-state index is 13.3. The first-order valence-electron chi connectivity index (χ1n) is 9.45. The summed E-state index contributed by atoms with van der Waals surface area (Å²) in [6.07, 6.45) is 3.70. The summed E-state index contributed by atoms with van der Waals surface area (Å²) in [6.45, 7) is 6.95. The Morgan fingerprint density at radius 3 is 2.63 bits per heavy atom. The zero-order chi connectivity index (χ0) is 19.6. The van der Waals surface area contributed by atoms with Crippen LogP contribution in [0.1, 0.15) is 54.3 Å². The van der Waals surface area contributed by atoms with E-state index in [2.05, 4.69) is 4.98 Å². The number of likely N-dealkylation sites (tertiary alicyclic amines) is 1. The number of carbonyl (C=O) groups excluding carboxylic acids is 1. The van der Waals surface area contributed by atoms with Gasteiger partial charge >= 0.3 is 0 Å². The molecular formula is C20H27N3O3S. The van der Waals surface area contributed by atoms with E-state index in [1.165, 1.54) is 10.4 Å². The largest absolute Gasteiger partial charge is 0.363 e. The summed E-state index contributed by atoms with van der Waals surface area (Å²) >= 11 is 0. The number of hydrogen-bond acceptors (Lipinski definition) is 3. The first-order chi connectivity index (χ1) is 12.9. The van der Waals surface area contributed by atoms with E-state index < -0.39 is 10.0 Å². The number of nitrogens with zero attached hydrogens (tertiary/aromatic N) is 2. The molecule has 0 saturated carbocycles. The number of carbonyl (C=O) groups is 1. The number of hydrogen-bond donors (Lipinski definition) is 1.